The predicted molar refractivity (Wildman–Crippen MR) is 71.0 cm³/mol. The molecule has 0 bridgehead atoms. The first kappa shape index (κ1) is 16.9. The van der Waals surface area contributed by atoms with Crippen LogP contribution in [0, 0.1) is 5.82 Å². The molecule has 0 amide bonds. The minimum absolute atomic E-state index is 0.147. The number of hydrogen-bond donors (Lipinski definition) is 1. The minimum atomic E-state index is -4.19. The van der Waals surface area contributed by atoms with Gasteiger partial charge in [-0.05, 0) is 44.3 Å². The van der Waals surface area contributed by atoms with E-state index in [0.717, 1.165) is 5.56 Å². The first-order chi connectivity index (χ1) is 9.31. The molecule has 0 aliphatic heterocycles. The van der Waals surface area contributed by atoms with Gasteiger partial charge in [-0.3, -0.25) is 4.90 Å². The lowest BCUT2D eigenvalue weighted by atomic mass is 10.0. The molecule has 0 aliphatic rings. The van der Waals surface area contributed by atoms with Gasteiger partial charge < -0.3 is 5.32 Å². The molecule has 0 fully saturated rings. The average molecular weight is 292 g/mol. The number of hydrogen-bond acceptors (Lipinski definition) is 2. The molecule has 0 radical (unpaired) electrons. The normalized spacial score (nSPS) is 13.8. The van der Waals surface area contributed by atoms with Crippen LogP contribution in [0.2, 0.25) is 0 Å². The summed E-state index contributed by atoms with van der Waals surface area (Å²) in [6.07, 6.45) is -3.70. The quantitative estimate of drug-likeness (QED) is 0.775. The van der Waals surface area contributed by atoms with Gasteiger partial charge in [0.1, 0.15) is 5.82 Å². The van der Waals surface area contributed by atoms with Crippen molar-refractivity contribution in [3.8, 4) is 0 Å². The Morgan fingerprint density at radius 1 is 1.30 bits per heavy atom. The summed E-state index contributed by atoms with van der Waals surface area (Å²) in [5.41, 5.74) is 0.757. The van der Waals surface area contributed by atoms with Gasteiger partial charge in [-0.25, -0.2) is 4.39 Å². The van der Waals surface area contributed by atoms with Crippen LogP contribution in [-0.2, 0) is 0 Å². The highest BCUT2D eigenvalue weighted by atomic mass is 19.4. The van der Waals surface area contributed by atoms with Crippen molar-refractivity contribution in [3.05, 3.63) is 35.6 Å². The summed E-state index contributed by atoms with van der Waals surface area (Å²) in [5.74, 6) is -0.339. The molecular formula is C14H20F4N2. The van der Waals surface area contributed by atoms with Crippen LogP contribution in [0.3, 0.4) is 0 Å². The zero-order valence-electron chi connectivity index (χ0n) is 11.7. The van der Waals surface area contributed by atoms with Crippen molar-refractivity contribution in [2.24, 2.45) is 0 Å². The third-order valence-corrected chi connectivity index (χ3v) is 2.95. The number of alkyl halides is 3. The van der Waals surface area contributed by atoms with Crippen LogP contribution in [0.5, 0.6) is 0 Å². The maximum Gasteiger partial charge on any atom is 0.401 e. The van der Waals surface area contributed by atoms with E-state index in [1.54, 1.807) is 12.1 Å². The molecule has 6 heteroatoms. The number of nitrogens with zero attached hydrogens (tertiary/aromatic N) is 1. The highest BCUT2D eigenvalue weighted by Gasteiger charge is 2.29. The highest BCUT2D eigenvalue weighted by molar-refractivity contribution is 5.20. The monoisotopic (exact) mass is 292 g/mol. The van der Waals surface area contributed by atoms with Gasteiger partial charge in [-0.1, -0.05) is 19.1 Å². The lowest BCUT2D eigenvalue weighted by Crippen LogP contribution is -2.33. The fourth-order valence-electron chi connectivity index (χ4n) is 2.09. The van der Waals surface area contributed by atoms with Gasteiger partial charge in [0.25, 0.3) is 0 Å². The molecule has 0 saturated heterocycles. The zero-order chi connectivity index (χ0) is 15.2. The van der Waals surface area contributed by atoms with Gasteiger partial charge >= 0.3 is 6.18 Å². The van der Waals surface area contributed by atoms with Crippen LogP contribution in [0.1, 0.15) is 24.9 Å². The standard InChI is InChI=1S/C14H20F4N2/c1-3-19-13(11-5-4-6-12(15)9-11)7-8-20(2)10-14(16,17)18/h4-6,9,13,19H,3,7-8,10H2,1-2H3. The van der Waals surface area contributed by atoms with Crippen LogP contribution in [0.15, 0.2) is 24.3 Å². The number of rotatable bonds is 7. The first-order valence-corrected chi connectivity index (χ1v) is 6.56. The van der Waals surface area contributed by atoms with Crippen LogP contribution in [-0.4, -0.2) is 37.8 Å². The predicted octanol–water partition coefficient (Wildman–Crippen LogP) is 3.36. The second-order valence-electron chi connectivity index (χ2n) is 4.81. The molecule has 1 atom stereocenters. The van der Waals surface area contributed by atoms with Gasteiger partial charge in [0, 0.05) is 6.04 Å². The summed E-state index contributed by atoms with van der Waals surface area (Å²) < 4.78 is 49.9. The van der Waals surface area contributed by atoms with Crippen molar-refractivity contribution < 1.29 is 17.6 Å². The third-order valence-electron chi connectivity index (χ3n) is 2.95. The zero-order valence-corrected chi connectivity index (χ0v) is 11.7. The molecule has 1 N–H and O–H groups in total. The van der Waals surface area contributed by atoms with Crippen molar-refractivity contribution in [2.45, 2.75) is 25.6 Å². The van der Waals surface area contributed by atoms with E-state index in [1.165, 1.54) is 24.1 Å². The molecule has 0 aromatic heterocycles. The van der Waals surface area contributed by atoms with Crippen molar-refractivity contribution in [2.75, 3.05) is 26.7 Å². The van der Waals surface area contributed by atoms with E-state index in [0.29, 0.717) is 13.0 Å². The Bertz CT molecular complexity index is 406. The summed E-state index contributed by atoms with van der Waals surface area (Å²) in [6, 6.07) is 6.00. The molecule has 1 unspecified atom stereocenters. The van der Waals surface area contributed by atoms with Crippen molar-refractivity contribution in [1.82, 2.24) is 10.2 Å². The number of halogens is 4. The third kappa shape index (κ3) is 6.34. The second-order valence-corrected chi connectivity index (χ2v) is 4.81. The van der Waals surface area contributed by atoms with Crippen molar-refractivity contribution in [3.63, 3.8) is 0 Å². The van der Waals surface area contributed by atoms with Gasteiger partial charge in [-0.15, -0.1) is 0 Å². The summed E-state index contributed by atoms with van der Waals surface area (Å²) in [5, 5.41) is 3.17. The fourth-order valence-corrected chi connectivity index (χ4v) is 2.09. The van der Waals surface area contributed by atoms with Crippen LogP contribution < -0.4 is 5.32 Å². The molecule has 20 heavy (non-hydrogen) atoms. The first-order valence-electron chi connectivity index (χ1n) is 6.56. The molecule has 0 heterocycles. The largest absolute Gasteiger partial charge is 0.401 e. The maximum absolute atomic E-state index is 13.2. The smallest absolute Gasteiger partial charge is 0.310 e. The Morgan fingerprint density at radius 2 is 2.00 bits per heavy atom. The van der Waals surface area contributed by atoms with Crippen molar-refractivity contribution >= 4 is 0 Å². The van der Waals surface area contributed by atoms with E-state index < -0.39 is 12.7 Å². The van der Waals surface area contributed by atoms with Crippen LogP contribution >= 0.6 is 0 Å². The Hall–Kier alpha value is -1.14. The molecule has 1 aromatic carbocycles. The Morgan fingerprint density at radius 3 is 2.55 bits per heavy atom. The van der Waals surface area contributed by atoms with Crippen LogP contribution in [0.25, 0.3) is 0 Å². The SMILES string of the molecule is CCNC(CCN(C)CC(F)(F)F)c1cccc(F)c1. The van der Waals surface area contributed by atoms with Gasteiger partial charge in [0.05, 0.1) is 6.54 Å². The number of nitrogens with one attached hydrogen (secondary N) is 1. The Labute approximate surface area is 116 Å². The number of benzene rings is 1. The van der Waals surface area contributed by atoms with E-state index in [9.17, 15) is 17.6 Å². The van der Waals surface area contributed by atoms with Crippen LogP contribution in [0.4, 0.5) is 17.6 Å². The average Bonchev–Trinajstić information content (AvgIpc) is 2.32. The topological polar surface area (TPSA) is 15.3 Å². The second kappa shape index (κ2) is 7.59. The van der Waals surface area contributed by atoms with E-state index in [2.05, 4.69) is 5.32 Å². The lowest BCUT2D eigenvalue weighted by molar-refractivity contribution is -0.143. The molecule has 1 rings (SSSR count). The Kier molecular flexibility index (Phi) is 6.42. The van der Waals surface area contributed by atoms with Crippen molar-refractivity contribution in [1.29, 1.82) is 0 Å². The minimum Gasteiger partial charge on any atom is -0.310 e. The van der Waals surface area contributed by atoms with E-state index in [4.69, 9.17) is 0 Å². The molecule has 0 spiro atoms. The van der Waals surface area contributed by atoms with E-state index >= 15 is 0 Å². The summed E-state index contributed by atoms with van der Waals surface area (Å²) in [6.45, 7) is 1.93. The van der Waals surface area contributed by atoms with E-state index in [1.807, 2.05) is 6.92 Å². The molecule has 1 aromatic rings. The fraction of sp³-hybridized carbons (Fsp3) is 0.571. The van der Waals surface area contributed by atoms with Gasteiger partial charge in [0.2, 0.25) is 0 Å². The summed E-state index contributed by atoms with van der Waals surface area (Å²) in [4.78, 5) is 1.23. The lowest BCUT2D eigenvalue weighted by Gasteiger charge is -2.23. The molecule has 114 valence electrons. The summed E-state index contributed by atoms with van der Waals surface area (Å²) >= 11 is 0. The molecule has 0 saturated carbocycles. The van der Waals surface area contributed by atoms with Gasteiger partial charge in [0.15, 0.2) is 0 Å². The Balaban J connectivity index is 2.60. The molecule has 0 aliphatic carbocycles. The van der Waals surface area contributed by atoms with Gasteiger partial charge in [-0.2, -0.15) is 13.2 Å². The van der Waals surface area contributed by atoms with E-state index in [-0.39, 0.29) is 18.4 Å². The summed E-state index contributed by atoms with van der Waals surface area (Å²) in [7, 11) is 1.43. The maximum atomic E-state index is 13.2. The molecular weight excluding hydrogens is 272 g/mol. The highest BCUT2D eigenvalue weighted by Crippen LogP contribution is 2.20. The molecule has 2 nitrogen and oxygen atoms in total.